The summed E-state index contributed by atoms with van der Waals surface area (Å²) in [5, 5.41) is 2.47. The van der Waals surface area contributed by atoms with Crippen molar-refractivity contribution in [3.8, 4) is 0 Å². The van der Waals surface area contributed by atoms with E-state index in [1.807, 2.05) is 18.2 Å². The molecule has 0 bridgehead atoms. The Bertz CT molecular complexity index is 399. The Morgan fingerprint density at radius 3 is 2.56 bits per heavy atom. The van der Waals surface area contributed by atoms with Gasteiger partial charge < -0.3 is 10.1 Å². The van der Waals surface area contributed by atoms with Crippen LogP contribution in [0.4, 0.5) is 5.69 Å². The zero-order valence-corrected chi connectivity index (χ0v) is 9.61. The number of rotatable bonds is 2. The smallest absolute Gasteiger partial charge is 0.396 e. The van der Waals surface area contributed by atoms with E-state index in [0.717, 1.165) is 5.56 Å². The maximum atomic E-state index is 11.2. The molecule has 0 saturated carbocycles. The van der Waals surface area contributed by atoms with E-state index in [2.05, 4.69) is 23.9 Å². The van der Waals surface area contributed by atoms with E-state index in [1.54, 1.807) is 6.07 Å². The third kappa shape index (κ3) is 3.08. The molecule has 4 nitrogen and oxygen atoms in total. The van der Waals surface area contributed by atoms with Crippen molar-refractivity contribution in [2.75, 3.05) is 12.4 Å². The number of methoxy groups -OCH3 is 1. The average Bonchev–Trinajstić information content (AvgIpc) is 2.28. The molecule has 4 heteroatoms. The summed E-state index contributed by atoms with van der Waals surface area (Å²) in [6.45, 7) is 4.11. The lowest BCUT2D eigenvalue weighted by Gasteiger charge is -2.08. The number of carbonyl (C=O) groups excluding carboxylic acids is 2. The largest absolute Gasteiger partial charge is 0.462 e. The zero-order valence-electron chi connectivity index (χ0n) is 9.61. The molecule has 0 aliphatic carbocycles. The second kappa shape index (κ2) is 5.30. The van der Waals surface area contributed by atoms with Gasteiger partial charge in [0, 0.05) is 5.69 Å². The first kappa shape index (κ1) is 12.2. The number of esters is 1. The number of hydrogen-bond donors (Lipinski definition) is 1. The van der Waals surface area contributed by atoms with Crippen molar-refractivity contribution in [2.24, 2.45) is 0 Å². The van der Waals surface area contributed by atoms with E-state index in [-0.39, 0.29) is 0 Å². The molecule has 16 heavy (non-hydrogen) atoms. The molecule has 1 rings (SSSR count). The number of amides is 1. The summed E-state index contributed by atoms with van der Waals surface area (Å²) in [7, 11) is 1.17. The molecular formula is C12H15NO3. The van der Waals surface area contributed by atoms with E-state index in [1.165, 1.54) is 7.11 Å². The maximum Gasteiger partial charge on any atom is 0.396 e. The average molecular weight is 221 g/mol. The molecule has 1 aromatic carbocycles. The van der Waals surface area contributed by atoms with Gasteiger partial charge in [0.2, 0.25) is 0 Å². The number of benzene rings is 1. The Morgan fingerprint density at radius 1 is 1.31 bits per heavy atom. The minimum Gasteiger partial charge on any atom is -0.462 e. The summed E-state index contributed by atoms with van der Waals surface area (Å²) in [5.41, 5.74) is 1.70. The Kier molecular flexibility index (Phi) is 4.05. The summed E-state index contributed by atoms with van der Waals surface area (Å²) < 4.78 is 4.31. The first-order valence-electron chi connectivity index (χ1n) is 5.04. The van der Waals surface area contributed by atoms with Crippen LogP contribution in [0.15, 0.2) is 24.3 Å². The second-order valence-electron chi connectivity index (χ2n) is 3.73. The summed E-state index contributed by atoms with van der Waals surface area (Å²) in [4.78, 5) is 22.1. The SMILES string of the molecule is COC(=O)C(=O)Nc1cccc(C(C)C)c1. The topological polar surface area (TPSA) is 55.4 Å². The molecule has 0 saturated heterocycles. The van der Waals surface area contributed by atoms with Crippen LogP contribution >= 0.6 is 0 Å². The standard InChI is InChI=1S/C12H15NO3/c1-8(2)9-5-4-6-10(7-9)13-11(14)12(15)16-3/h4-8H,1-3H3,(H,13,14). The fourth-order valence-electron chi connectivity index (χ4n) is 1.25. The fraction of sp³-hybridized carbons (Fsp3) is 0.333. The second-order valence-corrected chi connectivity index (χ2v) is 3.73. The van der Waals surface area contributed by atoms with Crippen LogP contribution in [0.3, 0.4) is 0 Å². The third-order valence-electron chi connectivity index (χ3n) is 2.18. The monoisotopic (exact) mass is 221 g/mol. The van der Waals surface area contributed by atoms with Crippen LogP contribution in [-0.2, 0) is 14.3 Å². The molecule has 0 spiro atoms. The van der Waals surface area contributed by atoms with Gasteiger partial charge in [-0.3, -0.25) is 4.79 Å². The van der Waals surface area contributed by atoms with E-state index in [9.17, 15) is 9.59 Å². The van der Waals surface area contributed by atoms with Crippen LogP contribution < -0.4 is 5.32 Å². The van der Waals surface area contributed by atoms with Gasteiger partial charge in [-0.05, 0) is 23.6 Å². The molecule has 0 atom stereocenters. The van der Waals surface area contributed by atoms with Gasteiger partial charge in [-0.2, -0.15) is 0 Å². The molecule has 86 valence electrons. The lowest BCUT2D eigenvalue weighted by Crippen LogP contribution is -2.23. The van der Waals surface area contributed by atoms with Gasteiger partial charge in [-0.25, -0.2) is 4.79 Å². The molecule has 1 N–H and O–H groups in total. The van der Waals surface area contributed by atoms with Crippen LogP contribution in [0.1, 0.15) is 25.3 Å². The molecule has 0 aliphatic rings. The highest BCUT2D eigenvalue weighted by atomic mass is 16.5. The van der Waals surface area contributed by atoms with Crippen molar-refractivity contribution < 1.29 is 14.3 Å². The van der Waals surface area contributed by atoms with Gasteiger partial charge in [0.1, 0.15) is 0 Å². The highest BCUT2D eigenvalue weighted by Crippen LogP contribution is 2.18. The van der Waals surface area contributed by atoms with Crippen LogP contribution in [0.2, 0.25) is 0 Å². The van der Waals surface area contributed by atoms with E-state index in [4.69, 9.17) is 0 Å². The third-order valence-corrected chi connectivity index (χ3v) is 2.18. The summed E-state index contributed by atoms with van der Waals surface area (Å²) in [6.07, 6.45) is 0. The van der Waals surface area contributed by atoms with Gasteiger partial charge in [0.15, 0.2) is 0 Å². The Morgan fingerprint density at radius 2 is 2.00 bits per heavy atom. The van der Waals surface area contributed by atoms with Crippen LogP contribution in [-0.4, -0.2) is 19.0 Å². The Balaban J connectivity index is 2.78. The maximum absolute atomic E-state index is 11.2. The Labute approximate surface area is 94.6 Å². The molecule has 0 heterocycles. The number of hydrogen-bond acceptors (Lipinski definition) is 3. The fourth-order valence-corrected chi connectivity index (χ4v) is 1.25. The lowest BCUT2D eigenvalue weighted by atomic mass is 10.0. The predicted octanol–water partition coefficient (Wildman–Crippen LogP) is 1.92. The molecule has 0 fully saturated rings. The van der Waals surface area contributed by atoms with Gasteiger partial charge in [0.25, 0.3) is 0 Å². The van der Waals surface area contributed by atoms with Gasteiger partial charge in [-0.15, -0.1) is 0 Å². The molecule has 0 aliphatic heterocycles. The lowest BCUT2D eigenvalue weighted by molar-refractivity contribution is -0.150. The Hall–Kier alpha value is -1.84. The molecular weight excluding hydrogens is 206 g/mol. The zero-order chi connectivity index (χ0) is 12.1. The number of anilines is 1. The predicted molar refractivity (Wildman–Crippen MR) is 61.2 cm³/mol. The minimum absolute atomic E-state index is 0.370. The summed E-state index contributed by atoms with van der Waals surface area (Å²) in [6, 6.07) is 7.37. The van der Waals surface area contributed by atoms with Crippen molar-refractivity contribution in [1.29, 1.82) is 0 Å². The quantitative estimate of drug-likeness (QED) is 0.613. The van der Waals surface area contributed by atoms with Crippen molar-refractivity contribution in [1.82, 2.24) is 0 Å². The van der Waals surface area contributed by atoms with Gasteiger partial charge in [0.05, 0.1) is 7.11 Å². The minimum atomic E-state index is -0.894. The molecule has 0 unspecified atom stereocenters. The molecule has 0 radical (unpaired) electrons. The highest BCUT2D eigenvalue weighted by molar-refractivity contribution is 6.37. The van der Waals surface area contributed by atoms with Crippen LogP contribution in [0.5, 0.6) is 0 Å². The summed E-state index contributed by atoms with van der Waals surface area (Å²) in [5.74, 6) is -1.28. The van der Waals surface area contributed by atoms with Gasteiger partial charge >= 0.3 is 11.9 Å². The van der Waals surface area contributed by atoms with Crippen molar-refractivity contribution >= 4 is 17.6 Å². The van der Waals surface area contributed by atoms with E-state index < -0.39 is 11.9 Å². The highest BCUT2D eigenvalue weighted by Gasteiger charge is 2.13. The van der Waals surface area contributed by atoms with Crippen molar-refractivity contribution in [3.63, 3.8) is 0 Å². The van der Waals surface area contributed by atoms with Crippen molar-refractivity contribution in [2.45, 2.75) is 19.8 Å². The van der Waals surface area contributed by atoms with Crippen LogP contribution in [0.25, 0.3) is 0 Å². The van der Waals surface area contributed by atoms with Crippen LogP contribution in [0, 0.1) is 0 Å². The van der Waals surface area contributed by atoms with Crippen molar-refractivity contribution in [3.05, 3.63) is 29.8 Å². The van der Waals surface area contributed by atoms with E-state index in [0.29, 0.717) is 11.6 Å². The number of carbonyl (C=O) groups is 2. The molecule has 0 aromatic heterocycles. The molecule has 1 aromatic rings. The van der Waals surface area contributed by atoms with E-state index >= 15 is 0 Å². The van der Waals surface area contributed by atoms with Gasteiger partial charge in [-0.1, -0.05) is 26.0 Å². The molecule has 1 amide bonds. The summed E-state index contributed by atoms with van der Waals surface area (Å²) >= 11 is 0. The number of nitrogens with one attached hydrogen (secondary N) is 1. The normalized spacial score (nSPS) is 10.0. The number of ether oxygens (including phenoxy) is 1. The first-order chi connectivity index (χ1) is 7.54. The first-order valence-corrected chi connectivity index (χ1v) is 5.04.